The van der Waals surface area contributed by atoms with E-state index in [1.807, 2.05) is 6.92 Å². The lowest BCUT2D eigenvalue weighted by atomic mass is 10.2. The largest absolute Gasteiger partial charge is 0.480 e. The van der Waals surface area contributed by atoms with Gasteiger partial charge in [0.25, 0.3) is 0 Å². The molecule has 2 aromatic carbocycles. The molecule has 0 amide bonds. The fraction of sp³-hybridized carbons (Fsp3) is 0.188. The Balaban J connectivity index is 2.34. The molecule has 7 heteroatoms. The van der Waals surface area contributed by atoms with Crippen LogP contribution in [0.3, 0.4) is 0 Å². The van der Waals surface area contributed by atoms with Crippen molar-refractivity contribution in [2.45, 2.75) is 18.4 Å². The maximum absolute atomic E-state index is 12.7. The third-order valence-corrected chi connectivity index (χ3v) is 5.58. The highest BCUT2D eigenvalue weighted by Crippen LogP contribution is 2.20. The van der Waals surface area contributed by atoms with Crippen LogP contribution < -0.4 is 0 Å². The van der Waals surface area contributed by atoms with E-state index < -0.39 is 22.5 Å². The van der Waals surface area contributed by atoms with Crippen LogP contribution in [0.5, 0.6) is 0 Å². The fourth-order valence-corrected chi connectivity index (χ4v) is 3.67. The first kappa shape index (κ1) is 17.7. The van der Waals surface area contributed by atoms with Crippen molar-refractivity contribution in [3.8, 4) is 0 Å². The van der Waals surface area contributed by atoms with Gasteiger partial charge in [0, 0.05) is 11.0 Å². The van der Waals surface area contributed by atoms with Crippen LogP contribution in [0.25, 0.3) is 0 Å². The third kappa shape index (κ3) is 4.63. The van der Waals surface area contributed by atoms with Gasteiger partial charge in [0.05, 0.1) is 4.90 Å². The van der Waals surface area contributed by atoms with Gasteiger partial charge in [-0.3, -0.25) is 4.79 Å². The molecular formula is C16H16BrNO4S. The lowest BCUT2D eigenvalue weighted by Crippen LogP contribution is -2.35. The smallest absolute Gasteiger partial charge is 0.318 e. The first-order valence-corrected chi connectivity index (χ1v) is 9.05. The van der Waals surface area contributed by atoms with Gasteiger partial charge in [0.1, 0.15) is 6.54 Å². The maximum Gasteiger partial charge on any atom is 0.318 e. The second-order valence-corrected chi connectivity index (χ2v) is 7.96. The highest BCUT2D eigenvalue weighted by atomic mass is 79.9. The summed E-state index contributed by atoms with van der Waals surface area (Å²) in [4.78, 5) is 11.2. The summed E-state index contributed by atoms with van der Waals surface area (Å²) >= 11 is 3.31. The maximum atomic E-state index is 12.7. The average molecular weight is 398 g/mol. The molecule has 5 nitrogen and oxygen atoms in total. The van der Waals surface area contributed by atoms with E-state index in [-0.39, 0.29) is 11.4 Å². The van der Waals surface area contributed by atoms with Gasteiger partial charge in [-0.1, -0.05) is 45.8 Å². The zero-order valence-electron chi connectivity index (χ0n) is 12.4. The van der Waals surface area contributed by atoms with E-state index in [1.165, 1.54) is 12.1 Å². The molecule has 0 saturated heterocycles. The van der Waals surface area contributed by atoms with E-state index in [2.05, 4.69) is 15.9 Å². The Morgan fingerprint density at radius 2 is 1.65 bits per heavy atom. The van der Waals surface area contributed by atoms with Gasteiger partial charge in [0.15, 0.2) is 0 Å². The Morgan fingerprint density at radius 1 is 1.09 bits per heavy atom. The van der Waals surface area contributed by atoms with E-state index in [9.17, 15) is 13.2 Å². The number of benzene rings is 2. The van der Waals surface area contributed by atoms with Crippen molar-refractivity contribution in [2.75, 3.05) is 6.54 Å². The summed E-state index contributed by atoms with van der Waals surface area (Å²) in [5, 5.41) is 9.05. The number of carboxylic acids is 1. The Hall–Kier alpha value is -1.70. The van der Waals surface area contributed by atoms with E-state index in [1.54, 1.807) is 36.4 Å². The average Bonchev–Trinajstić information content (AvgIpc) is 2.49. The van der Waals surface area contributed by atoms with Crippen LogP contribution in [0, 0.1) is 6.92 Å². The lowest BCUT2D eigenvalue weighted by molar-refractivity contribution is -0.137. The summed E-state index contributed by atoms with van der Waals surface area (Å²) in [6, 6.07) is 13.4. The SMILES string of the molecule is Cc1ccc(S(=O)(=O)N(CC(=O)O)Cc2ccc(Br)cc2)cc1. The standard InChI is InChI=1S/C16H16BrNO4S/c1-12-2-8-15(9-3-12)23(21,22)18(11-16(19)20)10-13-4-6-14(17)7-5-13/h2-9H,10-11H2,1H3,(H,19,20). The van der Waals surface area contributed by atoms with Gasteiger partial charge in [-0.25, -0.2) is 8.42 Å². The normalized spacial score (nSPS) is 11.6. The first-order chi connectivity index (χ1) is 10.8. The van der Waals surface area contributed by atoms with Crippen molar-refractivity contribution in [3.63, 3.8) is 0 Å². The fourth-order valence-electron chi connectivity index (χ4n) is 2.03. The molecule has 0 atom stereocenters. The van der Waals surface area contributed by atoms with Crippen LogP contribution in [0.4, 0.5) is 0 Å². The number of halogens is 1. The van der Waals surface area contributed by atoms with Crippen LogP contribution in [0.15, 0.2) is 57.9 Å². The molecule has 0 bridgehead atoms. The third-order valence-electron chi connectivity index (χ3n) is 3.24. The van der Waals surface area contributed by atoms with E-state index in [0.717, 1.165) is 14.3 Å². The van der Waals surface area contributed by atoms with E-state index >= 15 is 0 Å². The second-order valence-electron chi connectivity index (χ2n) is 5.11. The Bertz CT molecular complexity index is 786. The highest BCUT2D eigenvalue weighted by molar-refractivity contribution is 9.10. The predicted octanol–water partition coefficient (Wildman–Crippen LogP) is 3.03. The molecule has 23 heavy (non-hydrogen) atoms. The van der Waals surface area contributed by atoms with Gasteiger partial charge in [-0.15, -0.1) is 0 Å². The molecule has 0 heterocycles. The number of carbonyl (C=O) groups is 1. The monoisotopic (exact) mass is 397 g/mol. The molecular weight excluding hydrogens is 382 g/mol. The van der Waals surface area contributed by atoms with Gasteiger partial charge < -0.3 is 5.11 Å². The van der Waals surface area contributed by atoms with Gasteiger partial charge in [0.2, 0.25) is 10.0 Å². The van der Waals surface area contributed by atoms with Gasteiger partial charge in [-0.2, -0.15) is 4.31 Å². The summed E-state index contributed by atoms with van der Waals surface area (Å²) in [7, 11) is -3.88. The second kappa shape index (κ2) is 7.25. The van der Waals surface area contributed by atoms with Crippen LogP contribution in [0.1, 0.15) is 11.1 Å². The van der Waals surface area contributed by atoms with E-state index in [0.29, 0.717) is 5.56 Å². The van der Waals surface area contributed by atoms with Crippen molar-refractivity contribution in [1.29, 1.82) is 0 Å². The molecule has 0 radical (unpaired) electrons. The van der Waals surface area contributed by atoms with Crippen molar-refractivity contribution in [3.05, 3.63) is 64.1 Å². The van der Waals surface area contributed by atoms with Crippen LogP contribution in [-0.2, 0) is 21.4 Å². The number of aliphatic carboxylic acids is 1. The molecule has 0 saturated carbocycles. The number of hydrogen-bond donors (Lipinski definition) is 1. The Morgan fingerprint density at radius 3 is 2.17 bits per heavy atom. The molecule has 0 spiro atoms. The molecule has 2 rings (SSSR count). The van der Waals surface area contributed by atoms with Crippen molar-refractivity contribution in [2.24, 2.45) is 0 Å². The number of hydrogen-bond acceptors (Lipinski definition) is 3. The molecule has 122 valence electrons. The Kier molecular flexibility index (Phi) is 5.56. The Labute approximate surface area is 143 Å². The van der Waals surface area contributed by atoms with Crippen LogP contribution in [-0.4, -0.2) is 30.3 Å². The minimum absolute atomic E-state index is 0.00418. The minimum atomic E-state index is -3.88. The molecule has 0 fully saturated rings. The van der Waals surface area contributed by atoms with Crippen LogP contribution >= 0.6 is 15.9 Å². The van der Waals surface area contributed by atoms with Crippen molar-refractivity contribution in [1.82, 2.24) is 4.31 Å². The van der Waals surface area contributed by atoms with Crippen molar-refractivity contribution >= 4 is 31.9 Å². The lowest BCUT2D eigenvalue weighted by Gasteiger charge is -2.20. The molecule has 0 aromatic heterocycles. The van der Waals surface area contributed by atoms with Crippen LogP contribution in [0.2, 0.25) is 0 Å². The van der Waals surface area contributed by atoms with Gasteiger partial charge >= 0.3 is 5.97 Å². The number of nitrogens with zero attached hydrogens (tertiary/aromatic N) is 1. The molecule has 0 aliphatic carbocycles. The summed E-state index contributed by atoms with van der Waals surface area (Å²) in [6.07, 6.45) is 0. The summed E-state index contributed by atoms with van der Waals surface area (Å²) in [6.45, 7) is 1.26. The molecule has 0 aliphatic rings. The molecule has 0 unspecified atom stereocenters. The van der Waals surface area contributed by atoms with E-state index in [4.69, 9.17) is 5.11 Å². The zero-order valence-corrected chi connectivity index (χ0v) is 14.8. The number of rotatable bonds is 6. The minimum Gasteiger partial charge on any atom is -0.480 e. The summed E-state index contributed by atoms with van der Waals surface area (Å²) < 4.78 is 27.2. The quantitative estimate of drug-likeness (QED) is 0.812. The number of sulfonamides is 1. The number of aryl methyl sites for hydroxylation is 1. The van der Waals surface area contributed by atoms with Gasteiger partial charge in [-0.05, 0) is 36.8 Å². The summed E-state index contributed by atoms with van der Waals surface area (Å²) in [5.41, 5.74) is 1.65. The highest BCUT2D eigenvalue weighted by Gasteiger charge is 2.26. The molecule has 1 N–H and O–H groups in total. The molecule has 0 aliphatic heterocycles. The number of carboxylic acid groups (broad SMARTS) is 1. The topological polar surface area (TPSA) is 74.7 Å². The van der Waals surface area contributed by atoms with Crippen molar-refractivity contribution < 1.29 is 18.3 Å². The zero-order chi connectivity index (χ0) is 17.0. The first-order valence-electron chi connectivity index (χ1n) is 6.82. The predicted molar refractivity (Wildman–Crippen MR) is 90.6 cm³/mol. The molecule has 2 aromatic rings. The summed E-state index contributed by atoms with van der Waals surface area (Å²) in [5.74, 6) is -1.20.